The van der Waals surface area contributed by atoms with Gasteiger partial charge in [0, 0.05) is 11.3 Å². The van der Waals surface area contributed by atoms with Gasteiger partial charge in [0.15, 0.2) is 0 Å². The number of hydrogen-bond donors (Lipinski definition) is 3. The fraction of sp³-hybridized carbons (Fsp3) is 0.286. The van der Waals surface area contributed by atoms with Crippen molar-refractivity contribution in [1.82, 2.24) is 0 Å². The molecule has 7 nitrogen and oxygen atoms in total. The van der Waals surface area contributed by atoms with Gasteiger partial charge in [-0.1, -0.05) is 13.0 Å². The van der Waals surface area contributed by atoms with E-state index in [0.717, 1.165) is 11.3 Å². The number of carbonyl (C=O) groups excluding carboxylic acids is 1. The molecule has 1 amide bonds. The second-order valence-corrected chi connectivity index (χ2v) is 6.88. The molecule has 0 aliphatic carbocycles. The molecule has 4 N–H and O–H groups in total. The Bertz CT molecular complexity index is 1120. The van der Waals surface area contributed by atoms with Crippen molar-refractivity contribution < 1.29 is 9.21 Å². The first-order chi connectivity index (χ1) is 13.2. The Balaban J connectivity index is 1.95. The minimum absolute atomic E-state index is 0.180. The summed E-state index contributed by atoms with van der Waals surface area (Å²) in [4.78, 5) is 36.0. The standard InChI is InChI=1S/C21H23N3O4/c1-5-14(15-9-7-11(3)28-15)23-17-18(20(26)19(17)25)24-16-10(2)6-8-13(12(16)4)21(22)27/h6-9,14,23-24H,5H2,1-4H3,(H2,22,27)/t14-/m1/s1. The summed E-state index contributed by atoms with van der Waals surface area (Å²) in [5, 5.41) is 6.16. The van der Waals surface area contributed by atoms with Crippen molar-refractivity contribution in [3.63, 3.8) is 0 Å². The predicted molar refractivity (Wildman–Crippen MR) is 109 cm³/mol. The second kappa shape index (κ2) is 7.34. The molecule has 0 radical (unpaired) electrons. The van der Waals surface area contributed by atoms with E-state index in [2.05, 4.69) is 10.6 Å². The van der Waals surface area contributed by atoms with E-state index >= 15 is 0 Å². The van der Waals surface area contributed by atoms with Crippen LogP contribution in [0.4, 0.5) is 17.1 Å². The average molecular weight is 381 g/mol. The van der Waals surface area contributed by atoms with Crippen molar-refractivity contribution >= 4 is 23.0 Å². The summed E-state index contributed by atoms with van der Waals surface area (Å²) in [6, 6.07) is 6.85. The molecule has 0 saturated carbocycles. The maximum absolute atomic E-state index is 12.2. The third kappa shape index (κ3) is 3.31. The van der Waals surface area contributed by atoms with Crippen LogP contribution in [0.5, 0.6) is 0 Å². The molecular formula is C21H23N3O4. The topological polar surface area (TPSA) is 114 Å². The molecular weight excluding hydrogens is 358 g/mol. The number of aryl methyl sites for hydroxylation is 2. The Kier molecular flexibility index (Phi) is 5.09. The van der Waals surface area contributed by atoms with Crippen LogP contribution in [0, 0.1) is 20.8 Å². The van der Waals surface area contributed by atoms with Crippen molar-refractivity contribution in [1.29, 1.82) is 0 Å². The van der Waals surface area contributed by atoms with Crippen LogP contribution >= 0.6 is 0 Å². The van der Waals surface area contributed by atoms with Gasteiger partial charge in [-0.3, -0.25) is 14.4 Å². The molecule has 7 heteroatoms. The smallest absolute Gasteiger partial charge is 0.253 e. The van der Waals surface area contributed by atoms with Crippen LogP contribution in [0.25, 0.3) is 0 Å². The van der Waals surface area contributed by atoms with Crippen molar-refractivity contribution in [2.75, 3.05) is 10.6 Å². The van der Waals surface area contributed by atoms with Crippen LogP contribution < -0.4 is 27.2 Å². The minimum atomic E-state index is -0.601. The van der Waals surface area contributed by atoms with Gasteiger partial charge in [0.25, 0.3) is 10.9 Å². The van der Waals surface area contributed by atoms with Gasteiger partial charge >= 0.3 is 0 Å². The first kappa shape index (κ1) is 19.4. The van der Waals surface area contributed by atoms with Gasteiger partial charge in [-0.2, -0.15) is 0 Å². The van der Waals surface area contributed by atoms with E-state index in [1.807, 2.05) is 32.9 Å². The fourth-order valence-electron chi connectivity index (χ4n) is 3.27. The average Bonchev–Trinajstić information content (AvgIpc) is 3.08. The largest absolute Gasteiger partial charge is 0.464 e. The Morgan fingerprint density at radius 3 is 2.29 bits per heavy atom. The lowest BCUT2D eigenvalue weighted by molar-refractivity contribution is 0.1000. The summed E-state index contributed by atoms with van der Waals surface area (Å²) in [7, 11) is 0. The highest BCUT2D eigenvalue weighted by Crippen LogP contribution is 2.31. The molecule has 1 atom stereocenters. The van der Waals surface area contributed by atoms with Gasteiger partial charge in [-0.25, -0.2) is 0 Å². The van der Waals surface area contributed by atoms with Crippen LogP contribution in [0.1, 0.15) is 52.4 Å². The second-order valence-electron chi connectivity index (χ2n) is 6.88. The van der Waals surface area contributed by atoms with E-state index in [0.29, 0.717) is 29.0 Å². The summed E-state index contributed by atoms with van der Waals surface area (Å²) in [5.74, 6) is 0.915. The first-order valence-corrected chi connectivity index (χ1v) is 9.07. The number of amides is 1. The van der Waals surface area contributed by atoms with Gasteiger partial charge in [0.05, 0.1) is 6.04 Å². The predicted octanol–water partition coefficient (Wildman–Crippen LogP) is 3.21. The van der Waals surface area contributed by atoms with Gasteiger partial charge in [-0.05, 0) is 56.5 Å². The summed E-state index contributed by atoms with van der Waals surface area (Å²) in [6.45, 7) is 7.39. The van der Waals surface area contributed by atoms with E-state index in [9.17, 15) is 14.4 Å². The molecule has 3 rings (SSSR count). The van der Waals surface area contributed by atoms with Crippen LogP contribution in [0.3, 0.4) is 0 Å². The first-order valence-electron chi connectivity index (χ1n) is 9.07. The van der Waals surface area contributed by atoms with Crippen molar-refractivity contribution in [2.24, 2.45) is 5.73 Å². The maximum Gasteiger partial charge on any atom is 0.253 e. The van der Waals surface area contributed by atoms with Crippen molar-refractivity contribution in [3.8, 4) is 0 Å². The van der Waals surface area contributed by atoms with E-state index in [1.54, 1.807) is 19.1 Å². The molecule has 0 aliphatic heterocycles. The number of furan rings is 1. The molecule has 0 saturated heterocycles. The maximum atomic E-state index is 12.2. The number of nitrogens with one attached hydrogen (secondary N) is 2. The van der Waals surface area contributed by atoms with Crippen LogP contribution in [-0.2, 0) is 0 Å². The molecule has 0 unspecified atom stereocenters. The number of benzene rings is 1. The summed E-state index contributed by atoms with van der Waals surface area (Å²) in [6.07, 6.45) is 0.667. The quantitative estimate of drug-likeness (QED) is 0.542. The molecule has 146 valence electrons. The van der Waals surface area contributed by atoms with E-state index < -0.39 is 16.8 Å². The molecule has 0 aliphatic rings. The van der Waals surface area contributed by atoms with Gasteiger partial charge in [0.2, 0.25) is 5.91 Å². The zero-order valence-electron chi connectivity index (χ0n) is 16.3. The lowest BCUT2D eigenvalue weighted by atomic mass is 10.0. The highest BCUT2D eigenvalue weighted by molar-refractivity contribution is 5.96. The molecule has 28 heavy (non-hydrogen) atoms. The normalized spacial score (nSPS) is 12.1. The zero-order chi connectivity index (χ0) is 20.6. The Hall–Kier alpha value is -3.35. The number of primary amides is 1. The van der Waals surface area contributed by atoms with Crippen LogP contribution in [0.2, 0.25) is 0 Å². The third-order valence-corrected chi connectivity index (χ3v) is 4.93. The van der Waals surface area contributed by atoms with Gasteiger partial charge in [-0.15, -0.1) is 0 Å². The zero-order valence-corrected chi connectivity index (χ0v) is 16.3. The molecule has 2 aromatic carbocycles. The fourth-order valence-corrected chi connectivity index (χ4v) is 3.27. The summed E-state index contributed by atoms with van der Waals surface area (Å²) in [5.41, 5.74) is 7.04. The van der Waals surface area contributed by atoms with E-state index in [4.69, 9.17) is 10.2 Å². The monoisotopic (exact) mass is 381 g/mol. The number of hydrogen-bond acceptors (Lipinski definition) is 6. The van der Waals surface area contributed by atoms with Crippen molar-refractivity contribution in [2.45, 2.75) is 40.2 Å². The summed E-state index contributed by atoms with van der Waals surface area (Å²) < 4.78 is 5.65. The van der Waals surface area contributed by atoms with Crippen LogP contribution in [0.15, 0.2) is 38.3 Å². The Morgan fingerprint density at radius 2 is 1.71 bits per heavy atom. The summed E-state index contributed by atoms with van der Waals surface area (Å²) >= 11 is 0. The molecule has 1 heterocycles. The number of carbonyl (C=O) groups is 1. The molecule has 1 aromatic heterocycles. The molecule has 0 fully saturated rings. The molecule has 0 spiro atoms. The number of anilines is 3. The third-order valence-electron chi connectivity index (χ3n) is 4.93. The van der Waals surface area contributed by atoms with Crippen molar-refractivity contribution in [3.05, 3.63) is 72.9 Å². The Labute approximate surface area is 162 Å². The number of nitrogens with two attached hydrogens (primary N) is 1. The van der Waals surface area contributed by atoms with Gasteiger partial charge in [0.1, 0.15) is 22.9 Å². The SMILES string of the molecule is CC[C@@H](Nc1c(Nc2c(C)ccc(C(N)=O)c2C)c(=O)c1=O)c1ccc(C)o1. The van der Waals surface area contributed by atoms with Gasteiger partial charge < -0.3 is 20.8 Å². The minimum Gasteiger partial charge on any atom is -0.464 e. The number of rotatable bonds is 7. The molecule has 0 bridgehead atoms. The highest BCUT2D eigenvalue weighted by atomic mass is 16.3. The lowest BCUT2D eigenvalue weighted by Crippen LogP contribution is -2.37. The highest BCUT2D eigenvalue weighted by Gasteiger charge is 2.26. The molecule has 3 aromatic rings. The Morgan fingerprint density at radius 1 is 1.04 bits per heavy atom. The van der Waals surface area contributed by atoms with Crippen LogP contribution in [-0.4, -0.2) is 5.91 Å². The lowest BCUT2D eigenvalue weighted by Gasteiger charge is -2.22. The van der Waals surface area contributed by atoms with E-state index in [1.165, 1.54) is 0 Å². The van der Waals surface area contributed by atoms with E-state index in [-0.39, 0.29) is 17.4 Å².